The molecule has 1 unspecified atom stereocenters. The second-order valence-electron chi connectivity index (χ2n) is 6.84. The first-order valence-corrected chi connectivity index (χ1v) is 10.8. The predicted molar refractivity (Wildman–Crippen MR) is 102 cm³/mol. The van der Waals surface area contributed by atoms with Crippen molar-refractivity contribution in [3.8, 4) is 0 Å². The van der Waals surface area contributed by atoms with Crippen LogP contribution >= 0.6 is 0 Å². The highest BCUT2D eigenvalue weighted by Gasteiger charge is 2.35. The molecule has 3 amide bonds. The predicted octanol–water partition coefficient (Wildman–Crippen LogP) is -0.0934. The van der Waals surface area contributed by atoms with Crippen LogP contribution in [-0.4, -0.2) is 65.9 Å². The van der Waals surface area contributed by atoms with Crippen LogP contribution in [0.25, 0.3) is 0 Å². The minimum absolute atomic E-state index is 0.0193. The molecule has 1 atom stereocenters. The van der Waals surface area contributed by atoms with Crippen molar-refractivity contribution in [3.05, 3.63) is 12.0 Å². The molecule has 162 valence electrons. The van der Waals surface area contributed by atoms with Gasteiger partial charge in [0, 0.05) is 32.9 Å². The van der Waals surface area contributed by atoms with Crippen molar-refractivity contribution in [1.29, 1.82) is 0 Å². The molecule has 0 spiro atoms. The van der Waals surface area contributed by atoms with Gasteiger partial charge in [-0.15, -0.1) is 0 Å². The summed E-state index contributed by atoms with van der Waals surface area (Å²) in [6, 6.07) is -0.663. The van der Waals surface area contributed by atoms with Crippen molar-refractivity contribution in [2.24, 2.45) is 13.0 Å². The van der Waals surface area contributed by atoms with E-state index in [1.807, 2.05) is 0 Å². The number of urea groups is 1. The number of nitrogens with one attached hydrogen (secondary N) is 2. The van der Waals surface area contributed by atoms with E-state index in [9.17, 15) is 22.8 Å². The molecule has 2 rings (SSSR count). The van der Waals surface area contributed by atoms with E-state index in [2.05, 4.69) is 15.6 Å². The Morgan fingerprint density at radius 3 is 2.45 bits per heavy atom. The maximum Gasteiger partial charge on any atom is 0.321 e. The quantitative estimate of drug-likeness (QED) is 0.602. The van der Waals surface area contributed by atoms with Gasteiger partial charge in [0.05, 0.1) is 5.92 Å². The normalized spacial score (nSPS) is 16.8. The Morgan fingerprint density at radius 2 is 1.93 bits per heavy atom. The summed E-state index contributed by atoms with van der Waals surface area (Å²) in [6.07, 6.45) is 0.867. The number of ether oxygens (including phenoxy) is 1. The molecule has 1 aliphatic heterocycles. The van der Waals surface area contributed by atoms with E-state index in [4.69, 9.17) is 4.74 Å². The maximum absolute atomic E-state index is 12.7. The minimum Gasteiger partial charge on any atom is -0.452 e. The number of nitrogens with zero attached hydrogens (tertiary/aromatic N) is 3. The molecular weight excluding hydrogens is 402 g/mol. The molecular formula is C17H27N5O6S. The minimum atomic E-state index is -3.73. The van der Waals surface area contributed by atoms with Crippen LogP contribution in [0.2, 0.25) is 0 Å². The number of piperidine rings is 1. The van der Waals surface area contributed by atoms with Crippen molar-refractivity contribution in [2.45, 2.75) is 44.7 Å². The summed E-state index contributed by atoms with van der Waals surface area (Å²) in [4.78, 5) is 39.6. The third kappa shape index (κ3) is 5.54. The lowest BCUT2D eigenvalue weighted by molar-refractivity contribution is -0.159. The first-order chi connectivity index (χ1) is 13.6. The van der Waals surface area contributed by atoms with Gasteiger partial charge in [0.1, 0.15) is 5.82 Å². The second-order valence-corrected chi connectivity index (χ2v) is 8.73. The molecule has 1 aliphatic rings. The van der Waals surface area contributed by atoms with Crippen LogP contribution in [0.15, 0.2) is 11.2 Å². The Morgan fingerprint density at radius 1 is 1.31 bits per heavy atom. The van der Waals surface area contributed by atoms with Crippen molar-refractivity contribution in [3.63, 3.8) is 0 Å². The molecule has 0 aromatic carbocycles. The van der Waals surface area contributed by atoms with E-state index in [-0.39, 0.29) is 31.0 Å². The average Bonchev–Trinajstić information content (AvgIpc) is 3.01. The number of amides is 3. The molecule has 1 aromatic rings. The van der Waals surface area contributed by atoms with E-state index in [1.54, 1.807) is 25.5 Å². The number of imide groups is 1. The summed E-state index contributed by atoms with van der Waals surface area (Å²) in [7, 11) is -2.01. The second kappa shape index (κ2) is 9.35. The molecule has 29 heavy (non-hydrogen) atoms. The first-order valence-electron chi connectivity index (χ1n) is 9.35. The summed E-state index contributed by atoms with van der Waals surface area (Å²) in [5, 5.41) is 4.46. The zero-order valence-corrected chi connectivity index (χ0v) is 17.8. The number of carbonyl (C=O) groups is 3. The van der Waals surface area contributed by atoms with Crippen LogP contribution in [0.5, 0.6) is 0 Å². The molecule has 1 aromatic heterocycles. The van der Waals surface area contributed by atoms with Gasteiger partial charge in [0.25, 0.3) is 15.9 Å². The molecule has 1 saturated heterocycles. The highest BCUT2D eigenvalue weighted by Crippen LogP contribution is 2.24. The average molecular weight is 429 g/mol. The fraction of sp³-hybridized carbons (Fsp3) is 0.647. The number of imidazole rings is 1. The van der Waals surface area contributed by atoms with Gasteiger partial charge in [-0.3, -0.25) is 14.9 Å². The Bertz CT molecular complexity index is 853. The van der Waals surface area contributed by atoms with Gasteiger partial charge in [-0.25, -0.2) is 18.2 Å². The summed E-state index contributed by atoms with van der Waals surface area (Å²) in [5.41, 5.74) is 0. The number of sulfonamides is 1. The lowest BCUT2D eigenvalue weighted by Crippen LogP contribution is -2.46. The molecule has 11 nitrogen and oxygen atoms in total. The third-order valence-corrected chi connectivity index (χ3v) is 6.48. The van der Waals surface area contributed by atoms with Crippen LogP contribution in [0.4, 0.5) is 4.79 Å². The Kier molecular flexibility index (Phi) is 7.36. The SMILES string of the molecule is CCNC(=O)NC(=O)C(C)OC(=O)C1CCN(S(=O)(=O)c2cn(C)c(C)n2)CC1. The summed E-state index contributed by atoms with van der Waals surface area (Å²) in [6.45, 7) is 5.44. The van der Waals surface area contributed by atoms with Crippen molar-refractivity contribution in [2.75, 3.05) is 19.6 Å². The van der Waals surface area contributed by atoms with Gasteiger partial charge in [0.15, 0.2) is 11.1 Å². The molecule has 0 saturated carbocycles. The number of hydrogen-bond acceptors (Lipinski definition) is 7. The van der Waals surface area contributed by atoms with E-state index in [0.29, 0.717) is 12.4 Å². The summed E-state index contributed by atoms with van der Waals surface area (Å²) in [5.74, 6) is -1.25. The fourth-order valence-electron chi connectivity index (χ4n) is 2.86. The van der Waals surface area contributed by atoms with Gasteiger partial charge < -0.3 is 14.6 Å². The molecule has 0 aliphatic carbocycles. The van der Waals surface area contributed by atoms with Gasteiger partial charge in [-0.2, -0.15) is 4.31 Å². The number of esters is 1. The van der Waals surface area contributed by atoms with Crippen molar-refractivity contribution < 1.29 is 27.5 Å². The van der Waals surface area contributed by atoms with Gasteiger partial charge in [0.2, 0.25) is 0 Å². The Labute approximate surface area is 169 Å². The van der Waals surface area contributed by atoms with Crippen molar-refractivity contribution in [1.82, 2.24) is 24.5 Å². The van der Waals surface area contributed by atoms with Crippen LogP contribution in [-0.2, 0) is 31.4 Å². The lowest BCUT2D eigenvalue weighted by atomic mass is 9.98. The van der Waals surface area contributed by atoms with Crippen molar-refractivity contribution >= 4 is 27.9 Å². The van der Waals surface area contributed by atoms with Gasteiger partial charge in [-0.1, -0.05) is 0 Å². The smallest absolute Gasteiger partial charge is 0.321 e. The summed E-state index contributed by atoms with van der Waals surface area (Å²) < 4.78 is 33.5. The van der Waals surface area contributed by atoms with Crippen LogP contribution in [0.1, 0.15) is 32.5 Å². The number of carbonyl (C=O) groups excluding carboxylic acids is 3. The highest BCUT2D eigenvalue weighted by atomic mass is 32.2. The zero-order chi connectivity index (χ0) is 21.8. The molecule has 2 heterocycles. The van der Waals surface area contributed by atoms with Gasteiger partial charge in [-0.05, 0) is 33.6 Å². The van der Waals surface area contributed by atoms with Crippen LogP contribution in [0.3, 0.4) is 0 Å². The largest absolute Gasteiger partial charge is 0.452 e. The monoisotopic (exact) mass is 429 g/mol. The van der Waals surface area contributed by atoms with E-state index in [0.717, 1.165) is 0 Å². The first kappa shape index (κ1) is 22.8. The highest BCUT2D eigenvalue weighted by molar-refractivity contribution is 7.89. The number of hydrogen-bond donors (Lipinski definition) is 2. The topological polar surface area (TPSA) is 140 Å². The van der Waals surface area contributed by atoms with Crippen LogP contribution < -0.4 is 10.6 Å². The molecule has 0 radical (unpaired) electrons. The maximum atomic E-state index is 12.7. The molecule has 0 bridgehead atoms. The van der Waals surface area contributed by atoms with E-state index in [1.165, 1.54) is 17.4 Å². The number of aromatic nitrogens is 2. The Balaban J connectivity index is 1.89. The van der Waals surface area contributed by atoms with E-state index >= 15 is 0 Å². The molecule has 12 heteroatoms. The zero-order valence-electron chi connectivity index (χ0n) is 17.0. The molecule has 1 fully saturated rings. The van der Waals surface area contributed by atoms with Crippen LogP contribution in [0, 0.1) is 12.8 Å². The third-order valence-electron chi connectivity index (χ3n) is 4.71. The van der Waals surface area contributed by atoms with Gasteiger partial charge >= 0.3 is 12.0 Å². The summed E-state index contributed by atoms with van der Waals surface area (Å²) >= 11 is 0. The molecule has 2 N–H and O–H groups in total. The Hall–Kier alpha value is -2.47. The fourth-order valence-corrected chi connectivity index (χ4v) is 4.35. The van der Waals surface area contributed by atoms with E-state index < -0.39 is 40.0 Å². The lowest BCUT2D eigenvalue weighted by Gasteiger charge is -2.29. The standard InChI is InChI=1S/C17H27N5O6S/c1-5-18-17(25)20-15(23)11(2)28-16(24)13-6-8-22(9-7-13)29(26,27)14-10-21(4)12(3)19-14/h10-11,13H,5-9H2,1-4H3,(H2,18,20,23,25). The number of rotatable bonds is 6. The number of aryl methyl sites for hydroxylation is 2.